The largest absolute Gasteiger partial charge is 0.554 e. The van der Waals surface area contributed by atoms with E-state index >= 15 is 0 Å². The van der Waals surface area contributed by atoms with Gasteiger partial charge in [-0.25, -0.2) is 0 Å². The van der Waals surface area contributed by atoms with Crippen LogP contribution in [0.2, 0.25) is 0 Å². The molecule has 1 aromatic rings. The predicted octanol–water partition coefficient (Wildman–Crippen LogP) is -0.104. The Labute approximate surface area is 81.5 Å². The molecule has 0 aliphatic rings. The van der Waals surface area contributed by atoms with Gasteiger partial charge in [0.15, 0.2) is 0 Å². The van der Waals surface area contributed by atoms with E-state index in [1.165, 1.54) is 0 Å². The maximum absolute atomic E-state index is 8.66. The molecule has 1 aromatic carbocycles. The van der Waals surface area contributed by atoms with Gasteiger partial charge in [-0.3, -0.25) is 20.1 Å². The average molecular weight is 198 g/mol. The Balaban J connectivity index is 2.71. The SMILES string of the molecule is OCCc1ccc(B(OO)OO)cc1. The van der Waals surface area contributed by atoms with E-state index in [0.717, 1.165) is 5.56 Å². The van der Waals surface area contributed by atoms with Crippen molar-refractivity contribution >= 4 is 12.6 Å². The molecule has 14 heavy (non-hydrogen) atoms. The van der Waals surface area contributed by atoms with Crippen LogP contribution >= 0.6 is 0 Å². The van der Waals surface area contributed by atoms with Gasteiger partial charge in [-0.15, -0.1) is 0 Å². The van der Waals surface area contributed by atoms with E-state index in [9.17, 15) is 0 Å². The molecular weight excluding hydrogens is 187 g/mol. The predicted molar refractivity (Wildman–Crippen MR) is 50.0 cm³/mol. The van der Waals surface area contributed by atoms with E-state index in [0.29, 0.717) is 11.9 Å². The molecule has 0 fully saturated rings. The first-order valence-corrected chi connectivity index (χ1v) is 4.12. The molecule has 0 amide bonds. The first kappa shape index (κ1) is 11.2. The van der Waals surface area contributed by atoms with Gasteiger partial charge in [0, 0.05) is 6.61 Å². The van der Waals surface area contributed by atoms with Crippen LogP contribution in [0.1, 0.15) is 5.56 Å². The Morgan fingerprint density at radius 1 is 1.07 bits per heavy atom. The number of aliphatic hydroxyl groups is 1. The van der Waals surface area contributed by atoms with Crippen molar-refractivity contribution in [2.45, 2.75) is 6.42 Å². The maximum atomic E-state index is 8.66. The third-order valence-electron chi connectivity index (χ3n) is 1.84. The quantitative estimate of drug-likeness (QED) is 0.349. The second-order valence-corrected chi connectivity index (χ2v) is 2.76. The highest BCUT2D eigenvalue weighted by atomic mass is 17.2. The molecule has 0 saturated heterocycles. The summed E-state index contributed by atoms with van der Waals surface area (Å²) in [7, 11) is -1.20. The van der Waals surface area contributed by atoms with Crippen molar-refractivity contribution in [3.05, 3.63) is 29.8 Å². The van der Waals surface area contributed by atoms with E-state index < -0.39 is 7.12 Å². The fourth-order valence-corrected chi connectivity index (χ4v) is 1.11. The van der Waals surface area contributed by atoms with Gasteiger partial charge in [0.05, 0.1) is 0 Å². The van der Waals surface area contributed by atoms with Crippen LogP contribution in [0.4, 0.5) is 0 Å². The summed E-state index contributed by atoms with van der Waals surface area (Å²) in [6.07, 6.45) is 0.560. The van der Waals surface area contributed by atoms with Crippen molar-refractivity contribution < 1.29 is 25.2 Å². The first-order chi connectivity index (χ1) is 6.81. The van der Waals surface area contributed by atoms with Crippen LogP contribution in [0.25, 0.3) is 0 Å². The van der Waals surface area contributed by atoms with Gasteiger partial charge < -0.3 is 5.11 Å². The molecule has 0 radical (unpaired) electrons. The summed E-state index contributed by atoms with van der Waals surface area (Å²) in [4.78, 5) is 7.73. The van der Waals surface area contributed by atoms with Crippen LogP contribution in [0.15, 0.2) is 24.3 Å². The minimum atomic E-state index is -1.20. The Hall–Kier alpha value is -0.915. The lowest BCUT2D eigenvalue weighted by Crippen LogP contribution is -2.35. The van der Waals surface area contributed by atoms with Gasteiger partial charge in [0.25, 0.3) is 0 Å². The molecule has 0 aliphatic heterocycles. The third kappa shape index (κ3) is 2.79. The number of aliphatic hydroxyl groups excluding tert-OH is 1. The number of hydrogen-bond donors (Lipinski definition) is 3. The summed E-state index contributed by atoms with van der Waals surface area (Å²) in [5.41, 5.74) is 1.43. The summed E-state index contributed by atoms with van der Waals surface area (Å²) in [6.45, 7) is 0.0791. The lowest BCUT2D eigenvalue weighted by molar-refractivity contribution is -0.221. The molecule has 5 nitrogen and oxygen atoms in total. The molecule has 76 valence electrons. The molecule has 0 saturated carbocycles. The zero-order chi connectivity index (χ0) is 10.4. The van der Waals surface area contributed by atoms with Crippen molar-refractivity contribution in [1.82, 2.24) is 0 Å². The van der Waals surface area contributed by atoms with Gasteiger partial charge in [-0.05, 0) is 17.4 Å². The lowest BCUT2D eigenvalue weighted by Gasteiger charge is -2.05. The van der Waals surface area contributed by atoms with Crippen molar-refractivity contribution in [1.29, 1.82) is 0 Å². The molecule has 1 rings (SSSR count). The molecule has 0 aliphatic carbocycles. The standard InChI is InChI=1S/C8H11BO5/c10-6-5-7-1-3-8(4-2-7)9(13-11)14-12/h1-4,10-12H,5-6H2. The fraction of sp³-hybridized carbons (Fsp3) is 0.250. The highest BCUT2D eigenvalue weighted by molar-refractivity contribution is 6.60. The van der Waals surface area contributed by atoms with Gasteiger partial charge in [-0.1, -0.05) is 24.3 Å². The minimum absolute atomic E-state index is 0.0791. The molecule has 0 unspecified atom stereocenters. The lowest BCUT2D eigenvalue weighted by atomic mass is 9.79. The summed E-state index contributed by atoms with van der Waals surface area (Å²) in [6, 6.07) is 6.75. The summed E-state index contributed by atoms with van der Waals surface area (Å²) >= 11 is 0. The summed E-state index contributed by atoms with van der Waals surface area (Å²) in [5.74, 6) is 0. The molecular formula is C8H11BO5. The first-order valence-electron chi connectivity index (χ1n) is 4.12. The van der Waals surface area contributed by atoms with E-state index in [1.807, 2.05) is 0 Å². The molecule has 0 heterocycles. The Kier molecular flexibility index (Phi) is 4.58. The van der Waals surface area contributed by atoms with Crippen LogP contribution < -0.4 is 5.46 Å². The zero-order valence-electron chi connectivity index (χ0n) is 7.46. The van der Waals surface area contributed by atoms with Crippen LogP contribution in [0.5, 0.6) is 0 Å². The topological polar surface area (TPSA) is 79.2 Å². The molecule has 0 atom stereocenters. The van der Waals surface area contributed by atoms with Crippen LogP contribution in [-0.4, -0.2) is 29.3 Å². The van der Waals surface area contributed by atoms with Crippen molar-refractivity contribution in [2.75, 3.05) is 6.61 Å². The Morgan fingerprint density at radius 3 is 2.07 bits per heavy atom. The van der Waals surface area contributed by atoms with Gasteiger partial charge in [0.2, 0.25) is 0 Å². The number of benzene rings is 1. The zero-order valence-corrected chi connectivity index (χ0v) is 7.46. The van der Waals surface area contributed by atoms with Crippen molar-refractivity contribution in [3.8, 4) is 0 Å². The second kappa shape index (κ2) is 5.74. The van der Waals surface area contributed by atoms with Crippen LogP contribution in [0, 0.1) is 0 Å². The average Bonchev–Trinajstić information content (AvgIpc) is 2.23. The normalized spacial score (nSPS) is 10.2. The summed E-state index contributed by atoms with van der Waals surface area (Å²) in [5, 5.41) is 25.3. The van der Waals surface area contributed by atoms with Crippen LogP contribution in [0.3, 0.4) is 0 Å². The fourth-order valence-electron chi connectivity index (χ4n) is 1.11. The van der Waals surface area contributed by atoms with E-state index in [2.05, 4.69) is 9.61 Å². The highest BCUT2D eigenvalue weighted by Crippen LogP contribution is 1.99. The maximum Gasteiger partial charge on any atom is 0.554 e. The summed E-state index contributed by atoms with van der Waals surface area (Å²) < 4.78 is 0. The molecule has 0 bridgehead atoms. The van der Waals surface area contributed by atoms with Crippen molar-refractivity contribution in [2.24, 2.45) is 0 Å². The van der Waals surface area contributed by atoms with Gasteiger partial charge >= 0.3 is 7.12 Å². The second-order valence-electron chi connectivity index (χ2n) is 2.76. The smallest absolute Gasteiger partial charge is 0.396 e. The van der Waals surface area contributed by atoms with Gasteiger partial charge in [-0.2, -0.15) is 0 Å². The number of rotatable bonds is 5. The Bertz CT molecular complexity index is 259. The minimum Gasteiger partial charge on any atom is -0.396 e. The molecule has 0 spiro atoms. The number of hydrogen-bond acceptors (Lipinski definition) is 5. The van der Waals surface area contributed by atoms with E-state index in [1.54, 1.807) is 24.3 Å². The molecule has 6 heteroatoms. The molecule has 0 aromatic heterocycles. The van der Waals surface area contributed by atoms with E-state index in [4.69, 9.17) is 15.6 Å². The van der Waals surface area contributed by atoms with Gasteiger partial charge in [0.1, 0.15) is 0 Å². The van der Waals surface area contributed by atoms with Crippen molar-refractivity contribution in [3.63, 3.8) is 0 Å². The third-order valence-corrected chi connectivity index (χ3v) is 1.84. The van der Waals surface area contributed by atoms with E-state index in [-0.39, 0.29) is 6.61 Å². The monoisotopic (exact) mass is 198 g/mol. The van der Waals surface area contributed by atoms with Crippen LogP contribution in [-0.2, 0) is 16.0 Å². The molecule has 3 N–H and O–H groups in total. The highest BCUT2D eigenvalue weighted by Gasteiger charge is 2.21. The Morgan fingerprint density at radius 2 is 1.64 bits per heavy atom.